The summed E-state index contributed by atoms with van der Waals surface area (Å²) in [7, 11) is 0. The molecule has 0 saturated carbocycles. The van der Waals surface area contributed by atoms with Crippen LogP contribution < -0.4 is 10.1 Å². The minimum atomic E-state index is -4.09. The van der Waals surface area contributed by atoms with Gasteiger partial charge in [-0.25, -0.2) is 0 Å². The molecule has 110 valence electrons. The van der Waals surface area contributed by atoms with Gasteiger partial charge < -0.3 is 10.1 Å². The number of nitrogens with one attached hydrogen (secondary N) is 1. The molecule has 1 rings (SSSR count). The lowest BCUT2D eigenvalue weighted by Gasteiger charge is -2.15. The molecule has 0 spiro atoms. The predicted molar refractivity (Wildman–Crippen MR) is 69.3 cm³/mol. The quantitative estimate of drug-likeness (QED) is 0.779. The lowest BCUT2D eigenvalue weighted by molar-refractivity contribution is -0.135. The van der Waals surface area contributed by atoms with Crippen LogP contribution in [0.3, 0.4) is 0 Å². The van der Waals surface area contributed by atoms with Crippen molar-refractivity contribution >= 4 is 0 Å². The van der Waals surface area contributed by atoms with Crippen molar-refractivity contribution in [3.8, 4) is 11.8 Å². The van der Waals surface area contributed by atoms with Crippen molar-refractivity contribution in [2.75, 3.05) is 13.2 Å². The monoisotopic (exact) mass is 286 g/mol. The van der Waals surface area contributed by atoms with Crippen LogP contribution in [0.15, 0.2) is 24.3 Å². The van der Waals surface area contributed by atoms with E-state index >= 15 is 0 Å². The zero-order chi connectivity index (χ0) is 15.0. The summed E-state index contributed by atoms with van der Waals surface area (Å²) in [5.74, 6) is 0.597. The third kappa shape index (κ3) is 6.43. The van der Waals surface area contributed by atoms with Gasteiger partial charge in [0.1, 0.15) is 11.8 Å². The van der Waals surface area contributed by atoms with Gasteiger partial charge in [0, 0.05) is 12.5 Å². The molecular weight excluding hydrogens is 269 g/mol. The molecule has 1 N–H and O–H groups in total. The van der Waals surface area contributed by atoms with E-state index < -0.39 is 12.6 Å². The van der Waals surface area contributed by atoms with Crippen LogP contribution in [0.4, 0.5) is 13.2 Å². The summed E-state index contributed by atoms with van der Waals surface area (Å²) < 4.78 is 41.1. The minimum absolute atomic E-state index is 0.00933. The van der Waals surface area contributed by atoms with Gasteiger partial charge in [0.25, 0.3) is 0 Å². The normalized spacial score (nSPS) is 12.8. The van der Waals surface area contributed by atoms with Gasteiger partial charge in [-0.1, -0.05) is 12.1 Å². The summed E-state index contributed by atoms with van der Waals surface area (Å²) in [5, 5.41) is 11.4. The first-order valence-corrected chi connectivity index (χ1v) is 6.32. The second-order valence-corrected chi connectivity index (χ2v) is 4.41. The van der Waals surface area contributed by atoms with E-state index in [4.69, 9.17) is 10.00 Å². The van der Waals surface area contributed by atoms with Gasteiger partial charge >= 0.3 is 6.18 Å². The summed E-state index contributed by atoms with van der Waals surface area (Å²) >= 11 is 0. The van der Waals surface area contributed by atoms with Crippen LogP contribution in [0, 0.1) is 11.3 Å². The van der Waals surface area contributed by atoms with Crippen LogP contribution in [0.25, 0.3) is 0 Å². The molecule has 1 aromatic rings. The molecule has 1 aromatic carbocycles. The highest BCUT2D eigenvalue weighted by atomic mass is 19.4. The Morgan fingerprint density at radius 2 is 1.95 bits per heavy atom. The van der Waals surface area contributed by atoms with Gasteiger partial charge in [-0.3, -0.25) is 0 Å². The molecule has 6 heteroatoms. The third-order valence-corrected chi connectivity index (χ3v) is 2.77. The van der Waals surface area contributed by atoms with Crippen molar-refractivity contribution in [3.63, 3.8) is 0 Å². The summed E-state index contributed by atoms with van der Waals surface area (Å²) in [6.45, 7) is 2.19. The molecule has 20 heavy (non-hydrogen) atoms. The summed E-state index contributed by atoms with van der Waals surface area (Å²) in [6, 6.07) is 8.97. The van der Waals surface area contributed by atoms with Crippen molar-refractivity contribution < 1.29 is 17.9 Å². The van der Waals surface area contributed by atoms with E-state index in [9.17, 15) is 13.2 Å². The van der Waals surface area contributed by atoms with Gasteiger partial charge in [0.2, 0.25) is 0 Å². The Bertz CT molecular complexity index is 437. The first-order chi connectivity index (χ1) is 9.42. The van der Waals surface area contributed by atoms with Gasteiger partial charge in [0.05, 0.1) is 0 Å². The van der Waals surface area contributed by atoms with Crippen molar-refractivity contribution in [1.82, 2.24) is 5.32 Å². The molecule has 0 radical (unpaired) electrons. The van der Waals surface area contributed by atoms with Crippen LogP contribution in [0.1, 0.15) is 31.4 Å². The molecule has 0 fully saturated rings. The first kappa shape index (κ1) is 16.3. The Kier molecular flexibility index (Phi) is 6.32. The average molecular weight is 286 g/mol. The van der Waals surface area contributed by atoms with Crippen LogP contribution in [0.5, 0.6) is 5.75 Å². The van der Waals surface area contributed by atoms with Gasteiger partial charge in [-0.2, -0.15) is 18.4 Å². The molecule has 0 amide bonds. The highest BCUT2D eigenvalue weighted by Crippen LogP contribution is 2.21. The predicted octanol–water partition coefficient (Wildman–Crippen LogP) is 3.58. The topological polar surface area (TPSA) is 45.0 Å². The molecule has 0 heterocycles. The summed E-state index contributed by atoms with van der Waals surface area (Å²) in [6.07, 6.45) is -4.80. The molecule has 1 atom stereocenters. The summed E-state index contributed by atoms with van der Waals surface area (Å²) in [5.41, 5.74) is 0.960. The van der Waals surface area contributed by atoms with Gasteiger partial charge in [-0.05, 0) is 37.6 Å². The number of hydrogen-bond donors (Lipinski definition) is 1. The maximum absolute atomic E-state index is 12.0. The highest BCUT2D eigenvalue weighted by Gasteiger charge is 2.25. The molecule has 0 aromatic heterocycles. The Balaban J connectivity index is 2.36. The number of benzene rings is 1. The number of nitriles is 1. The van der Waals surface area contributed by atoms with E-state index in [2.05, 4.69) is 5.32 Å². The maximum Gasteiger partial charge on any atom is 0.389 e. The largest absolute Gasteiger partial charge is 0.479 e. The molecule has 0 bridgehead atoms. The molecule has 0 saturated heterocycles. The Morgan fingerprint density at radius 1 is 1.30 bits per heavy atom. The number of nitrogens with zero attached hydrogens (tertiary/aromatic N) is 1. The van der Waals surface area contributed by atoms with E-state index in [1.165, 1.54) is 0 Å². The molecule has 1 unspecified atom stereocenters. The fourth-order valence-electron chi connectivity index (χ4n) is 1.69. The molecule has 0 aliphatic rings. The van der Waals surface area contributed by atoms with E-state index in [0.29, 0.717) is 12.3 Å². The zero-order valence-electron chi connectivity index (χ0n) is 11.2. The second kappa shape index (κ2) is 7.75. The Morgan fingerprint density at radius 3 is 2.50 bits per heavy atom. The van der Waals surface area contributed by atoms with Crippen molar-refractivity contribution in [1.29, 1.82) is 5.26 Å². The maximum atomic E-state index is 12.0. The van der Waals surface area contributed by atoms with Crippen molar-refractivity contribution in [3.05, 3.63) is 29.8 Å². The Hall–Kier alpha value is -1.74. The standard InChI is InChI=1S/C14H17F3N2O/c1-11(19-9-2-7-14(15,16)17)12-3-5-13(6-4-12)20-10-8-18/h3-6,11,19H,2,7,9-10H2,1H3. The van der Waals surface area contributed by atoms with E-state index in [1.54, 1.807) is 12.1 Å². The van der Waals surface area contributed by atoms with Gasteiger partial charge in [-0.15, -0.1) is 0 Å². The van der Waals surface area contributed by atoms with Crippen LogP contribution >= 0.6 is 0 Å². The van der Waals surface area contributed by atoms with E-state index in [-0.39, 0.29) is 19.1 Å². The van der Waals surface area contributed by atoms with Crippen LogP contribution in [-0.2, 0) is 0 Å². The average Bonchev–Trinajstić information content (AvgIpc) is 2.40. The lowest BCUT2D eigenvalue weighted by atomic mass is 10.1. The molecule has 3 nitrogen and oxygen atoms in total. The number of ether oxygens (including phenoxy) is 1. The van der Waals surface area contributed by atoms with E-state index in [1.807, 2.05) is 25.1 Å². The molecule has 0 aliphatic carbocycles. The zero-order valence-corrected chi connectivity index (χ0v) is 11.2. The second-order valence-electron chi connectivity index (χ2n) is 4.41. The van der Waals surface area contributed by atoms with Crippen LogP contribution in [0.2, 0.25) is 0 Å². The fourth-order valence-corrected chi connectivity index (χ4v) is 1.69. The summed E-state index contributed by atoms with van der Waals surface area (Å²) in [4.78, 5) is 0. The van der Waals surface area contributed by atoms with Crippen LogP contribution in [-0.4, -0.2) is 19.3 Å². The first-order valence-electron chi connectivity index (χ1n) is 6.32. The molecular formula is C14H17F3N2O. The highest BCUT2D eigenvalue weighted by molar-refractivity contribution is 5.29. The molecule has 0 aliphatic heterocycles. The van der Waals surface area contributed by atoms with Crippen molar-refractivity contribution in [2.24, 2.45) is 0 Å². The van der Waals surface area contributed by atoms with Gasteiger partial charge in [0.15, 0.2) is 6.61 Å². The minimum Gasteiger partial charge on any atom is -0.479 e. The number of rotatable bonds is 7. The third-order valence-electron chi connectivity index (χ3n) is 2.77. The van der Waals surface area contributed by atoms with Crippen molar-refractivity contribution in [2.45, 2.75) is 32.0 Å². The smallest absolute Gasteiger partial charge is 0.389 e. The number of hydrogen-bond acceptors (Lipinski definition) is 3. The lowest BCUT2D eigenvalue weighted by Crippen LogP contribution is -2.21. The number of halogens is 3. The Labute approximate surface area is 116 Å². The number of alkyl halides is 3. The van der Waals surface area contributed by atoms with E-state index in [0.717, 1.165) is 5.56 Å². The SMILES string of the molecule is CC(NCCCC(F)(F)F)c1ccc(OCC#N)cc1. The fraction of sp³-hybridized carbons (Fsp3) is 0.500.